The lowest BCUT2D eigenvalue weighted by atomic mass is 9.74. The van der Waals surface area contributed by atoms with Crippen molar-refractivity contribution in [3.63, 3.8) is 0 Å². The first-order chi connectivity index (χ1) is 11.7. The van der Waals surface area contributed by atoms with Crippen molar-refractivity contribution in [2.24, 2.45) is 0 Å². The summed E-state index contributed by atoms with van der Waals surface area (Å²) >= 11 is 0. The van der Waals surface area contributed by atoms with Crippen molar-refractivity contribution in [1.29, 1.82) is 0 Å². The summed E-state index contributed by atoms with van der Waals surface area (Å²) in [5.41, 5.74) is 6.85. The van der Waals surface area contributed by atoms with Crippen LogP contribution in [-0.2, 0) is 5.41 Å². The van der Waals surface area contributed by atoms with Gasteiger partial charge in [-0.25, -0.2) is 0 Å². The Balaban J connectivity index is 2.17. The summed E-state index contributed by atoms with van der Waals surface area (Å²) in [6.45, 7) is 6.83. The number of benzene rings is 2. The molecule has 0 saturated heterocycles. The molecule has 1 nitrogen and oxygen atoms in total. The number of aromatic nitrogens is 1. The molecule has 2 heterocycles. The van der Waals surface area contributed by atoms with Gasteiger partial charge in [-0.1, -0.05) is 44.2 Å². The molecule has 0 N–H and O–H groups in total. The molecule has 0 fully saturated rings. The van der Waals surface area contributed by atoms with Crippen molar-refractivity contribution in [3.05, 3.63) is 71.8 Å². The minimum Gasteiger partial charge on any atom is -0.160 e. The Morgan fingerprint density at radius 3 is 2.42 bits per heavy atom. The number of para-hydroxylation sites is 1. The second-order valence-electron chi connectivity index (χ2n) is 6.83. The molecule has 0 radical (unpaired) electrons. The summed E-state index contributed by atoms with van der Waals surface area (Å²) in [4.78, 5) is 0. The zero-order valence-corrected chi connectivity index (χ0v) is 14.7. The SMILES string of the molecule is CCC1(CC)C=C[n+]2c(c(C)cc3ccccc32)-c2ccccc21. The van der Waals surface area contributed by atoms with Gasteiger partial charge in [0.15, 0.2) is 6.20 Å². The van der Waals surface area contributed by atoms with Crippen LogP contribution in [0.15, 0.2) is 60.7 Å². The first-order valence-corrected chi connectivity index (χ1v) is 8.93. The Morgan fingerprint density at radius 1 is 0.917 bits per heavy atom. The smallest absolute Gasteiger partial charge is 0.160 e. The van der Waals surface area contributed by atoms with Gasteiger partial charge in [-0.05, 0) is 49.6 Å². The summed E-state index contributed by atoms with van der Waals surface area (Å²) in [7, 11) is 0. The number of pyridine rings is 1. The maximum absolute atomic E-state index is 2.42. The molecule has 0 unspecified atom stereocenters. The number of fused-ring (bicyclic) bond motifs is 5. The molecule has 24 heavy (non-hydrogen) atoms. The minimum atomic E-state index is 0.107. The fourth-order valence-corrected chi connectivity index (χ4v) is 4.24. The molecule has 1 heteroatoms. The monoisotopic (exact) mass is 314 g/mol. The molecule has 0 saturated carbocycles. The fraction of sp³-hybridized carbons (Fsp3) is 0.261. The van der Waals surface area contributed by atoms with E-state index in [0.717, 1.165) is 12.8 Å². The van der Waals surface area contributed by atoms with Gasteiger partial charge < -0.3 is 0 Å². The van der Waals surface area contributed by atoms with Crippen LogP contribution in [-0.4, -0.2) is 0 Å². The van der Waals surface area contributed by atoms with E-state index in [1.807, 2.05) is 0 Å². The van der Waals surface area contributed by atoms with E-state index in [1.165, 1.54) is 33.3 Å². The van der Waals surface area contributed by atoms with Crippen LogP contribution in [0, 0.1) is 6.92 Å². The average molecular weight is 314 g/mol. The first kappa shape index (κ1) is 15.1. The highest BCUT2D eigenvalue weighted by Crippen LogP contribution is 2.41. The van der Waals surface area contributed by atoms with Gasteiger partial charge in [-0.2, -0.15) is 4.57 Å². The molecule has 4 rings (SSSR count). The molecule has 0 bridgehead atoms. The average Bonchev–Trinajstić information content (AvgIpc) is 2.77. The highest BCUT2D eigenvalue weighted by molar-refractivity contribution is 5.81. The summed E-state index contributed by atoms with van der Waals surface area (Å²) in [6.07, 6.45) is 6.96. The fourth-order valence-electron chi connectivity index (χ4n) is 4.24. The van der Waals surface area contributed by atoms with Crippen LogP contribution in [0.1, 0.15) is 37.8 Å². The lowest BCUT2D eigenvalue weighted by molar-refractivity contribution is -0.526. The van der Waals surface area contributed by atoms with E-state index in [1.54, 1.807) is 0 Å². The van der Waals surface area contributed by atoms with Gasteiger partial charge in [0.1, 0.15) is 0 Å². The zero-order valence-electron chi connectivity index (χ0n) is 14.7. The molecule has 0 amide bonds. The summed E-state index contributed by atoms with van der Waals surface area (Å²) in [5, 5.41) is 1.29. The highest BCUT2D eigenvalue weighted by Gasteiger charge is 2.35. The van der Waals surface area contributed by atoms with E-state index < -0.39 is 0 Å². The van der Waals surface area contributed by atoms with Gasteiger partial charge in [0.05, 0.1) is 5.56 Å². The molecule has 3 aromatic rings. The largest absolute Gasteiger partial charge is 0.221 e. The van der Waals surface area contributed by atoms with E-state index in [0.29, 0.717) is 0 Å². The summed E-state index contributed by atoms with van der Waals surface area (Å²) in [6, 6.07) is 19.9. The van der Waals surface area contributed by atoms with Gasteiger partial charge in [0.2, 0.25) is 11.2 Å². The summed E-state index contributed by atoms with van der Waals surface area (Å²) in [5.74, 6) is 0. The molecule has 0 spiro atoms. The molecule has 0 aliphatic carbocycles. The molecule has 0 atom stereocenters. The van der Waals surface area contributed by atoms with E-state index in [2.05, 4.69) is 92.2 Å². The van der Waals surface area contributed by atoms with Crippen LogP contribution >= 0.6 is 0 Å². The highest BCUT2D eigenvalue weighted by atomic mass is 15.0. The predicted octanol–water partition coefficient (Wildman–Crippen LogP) is 5.64. The van der Waals surface area contributed by atoms with Crippen LogP contribution in [0.2, 0.25) is 0 Å². The molecular weight excluding hydrogens is 290 g/mol. The van der Waals surface area contributed by atoms with E-state index in [9.17, 15) is 0 Å². The standard InChI is InChI=1S/C23H24N/c1-4-23(5-2)14-15-24-21-13-9-6-10-18(21)16-17(3)22(24)19-11-7-8-12-20(19)23/h6-16H,4-5H2,1-3H3/q+1. The van der Waals surface area contributed by atoms with Crippen LogP contribution in [0.5, 0.6) is 0 Å². The topological polar surface area (TPSA) is 3.88 Å². The maximum atomic E-state index is 2.42. The Bertz CT molecular complexity index is 945. The number of allylic oxidation sites excluding steroid dienone is 1. The van der Waals surface area contributed by atoms with E-state index in [4.69, 9.17) is 0 Å². The van der Waals surface area contributed by atoms with Crippen molar-refractivity contribution in [2.45, 2.75) is 39.0 Å². The van der Waals surface area contributed by atoms with Gasteiger partial charge >= 0.3 is 0 Å². The van der Waals surface area contributed by atoms with Crippen LogP contribution in [0.3, 0.4) is 0 Å². The third-order valence-corrected chi connectivity index (χ3v) is 5.71. The molecule has 1 aliphatic rings. The van der Waals surface area contributed by atoms with Gasteiger partial charge in [0, 0.05) is 22.4 Å². The number of rotatable bonds is 2. The lowest BCUT2D eigenvalue weighted by Crippen LogP contribution is -2.31. The van der Waals surface area contributed by atoms with Crippen molar-refractivity contribution in [2.75, 3.05) is 0 Å². The van der Waals surface area contributed by atoms with Crippen molar-refractivity contribution < 1.29 is 4.57 Å². The van der Waals surface area contributed by atoms with Gasteiger partial charge in [-0.15, -0.1) is 0 Å². The van der Waals surface area contributed by atoms with E-state index >= 15 is 0 Å². The van der Waals surface area contributed by atoms with Crippen molar-refractivity contribution >= 4 is 17.1 Å². The minimum absolute atomic E-state index is 0.107. The van der Waals surface area contributed by atoms with E-state index in [-0.39, 0.29) is 5.41 Å². The lowest BCUT2D eigenvalue weighted by Gasteiger charge is -2.28. The van der Waals surface area contributed by atoms with Gasteiger partial charge in [0.25, 0.3) is 0 Å². The Hall–Kier alpha value is -2.41. The molecule has 1 aromatic heterocycles. The second-order valence-corrected chi connectivity index (χ2v) is 6.83. The Morgan fingerprint density at radius 2 is 1.62 bits per heavy atom. The number of hydrogen-bond acceptors (Lipinski definition) is 0. The van der Waals surface area contributed by atoms with Crippen molar-refractivity contribution in [1.82, 2.24) is 0 Å². The molecule has 2 aromatic carbocycles. The third kappa shape index (κ3) is 2.04. The number of nitrogens with zero attached hydrogens (tertiary/aromatic N) is 1. The maximum Gasteiger partial charge on any atom is 0.221 e. The van der Waals surface area contributed by atoms with Crippen LogP contribution in [0.25, 0.3) is 28.4 Å². The number of aryl methyl sites for hydroxylation is 1. The van der Waals surface area contributed by atoms with Crippen LogP contribution in [0.4, 0.5) is 0 Å². The Labute approximate surface area is 144 Å². The quantitative estimate of drug-likeness (QED) is 0.539. The van der Waals surface area contributed by atoms with Gasteiger partial charge in [-0.3, -0.25) is 0 Å². The van der Waals surface area contributed by atoms with Crippen molar-refractivity contribution in [3.8, 4) is 11.3 Å². The normalized spacial score (nSPS) is 15.0. The molecular formula is C23H24N+. The zero-order chi connectivity index (χ0) is 16.7. The first-order valence-electron chi connectivity index (χ1n) is 8.93. The summed E-state index contributed by atoms with van der Waals surface area (Å²) < 4.78 is 2.39. The van der Waals surface area contributed by atoms with Crippen LogP contribution < -0.4 is 4.57 Å². The predicted molar refractivity (Wildman–Crippen MR) is 102 cm³/mol. The molecule has 1 aliphatic heterocycles. The third-order valence-electron chi connectivity index (χ3n) is 5.71. The number of hydrogen-bond donors (Lipinski definition) is 0. The Kier molecular flexibility index (Phi) is 3.53. The second kappa shape index (κ2) is 5.59. The molecule has 120 valence electrons.